The molecule has 96 valence electrons. The highest BCUT2D eigenvalue weighted by Crippen LogP contribution is 2.24. The number of fused-ring (bicyclic) bond motifs is 1. The third kappa shape index (κ3) is 2.31. The molecule has 3 heterocycles. The fourth-order valence-corrected chi connectivity index (χ4v) is 2.19. The molecule has 0 amide bonds. The van der Waals surface area contributed by atoms with Gasteiger partial charge in [-0.2, -0.15) is 5.10 Å². The van der Waals surface area contributed by atoms with Crippen LogP contribution >= 0.6 is 15.9 Å². The van der Waals surface area contributed by atoms with Gasteiger partial charge in [-0.1, -0.05) is 0 Å². The summed E-state index contributed by atoms with van der Waals surface area (Å²) in [6.45, 7) is 2.01. The van der Waals surface area contributed by atoms with Gasteiger partial charge in [-0.15, -0.1) is 0 Å². The summed E-state index contributed by atoms with van der Waals surface area (Å²) < 4.78 is 2.74. The van der Waals surface area contributed by atoms with Gasteiger partial charge in [0.05, 0.1) is 11.2 Å². The summed E-state index contributed by atoms with van der Waals surface area (Å²) in [5.41, 5.74) is 3.66. The zero-order valence-electron chi connectivity index (χ0n) is 10.6. The largest absolute Gasteiger partial charge is 0.337 e. The van der Waals surface area contributed by atoms with Gasteiger partial charge in [0.15, 0.2) is 5.82 Å². The Morgan fingerprint density at radius 3 is 2.84 bits per heavy atom. The van der Waals surface area contributed by atoms with Gasteiger partial charge < -0.3 is 5.32 Å². The molecule has 6 heteroatoms. The topological polar surface area (TPSA) is 55.6 Å². The van der Waals surface area contributed by atoms with Crippen LogP contribution in [0, 0.1) is 6.92 Å². The van der Waals surface area contributed by atoms with E-state index in [2.05, 4.69) is 36.3 Å². The Bertz CT molecular complexity index is 730. The smallest absolute Gasteiger partial charge is 0.152 e. The van der Waals surface area contributed by atoms with Crippen molar-refractivity contribution in [1.29, 1.82) is 0 Å². The Morgan fingerprint density at radius 1 is 1.26 bits per heavy atom. The fraction of sp³-hybridized carbons (Fsp3) is 0.154. The first-order valence-corrected chi connectivity index (χ1v) is 6.61. The highest BCUT2D eigenvalue weighted by molar-refractivity contribution is 9.10. The van der Waals surface area contributed by atoms with E-state index in [-0.39, 0.29) is 0 Å². The molecule has 5 nitrogen and oxygen atoms in total. The minimum absolute atomic E-state index is 0.803. The lowest BCUT2D eigenvalue weighted by atomic mass is 10.3. The van der Waals surface area contributed by atoms with Gasteiger partial charge in [0.1, 0.15) is 5.52 Å². The summed E-state index contributed by atoms with van der Waals surface area (Å²) >= 11 is 3.40. The lowest BCUT2D eigenvalue weighted by molar-refractivity contribution is 0.743. The SMILES string of the molecule is Cc1cc(Nc2ccnc3cc(Br)cnc23)nn1C. The first-order chi connectivity index (χ1) is 9.13. The molecule has 0 fully saturated rings. The molecule has 0 aliphatic heterocycles. The minimum Gasteiger partial charge on any atom is -0.337 e. The second-order valence-electron chi connectivity index (χ2n) is 4.30. The summed E-state index contributed by atoms with van der Waals surface area (Å²) in [7, 11) is 1.92. The second-order valence-corrected chi connectivity index (χ2v) is 5.22. The number of hydrogen-bond donors (Lipinski definition) is 1. The van der Waals surface area contributed by atoms with Crippen molar-refractivity contribution in [2.75, 3.05) is 5.32 Å². The van der Waals surface area contributed by atoms with E-state index in [1.807, 2.05) is 36.9 Å². The number of aryl methyl sites for hydroxylation is 2. The van der Waals surface area contributed by atoms with Gasteiger partial charge in [0, 0.05) is 35.7 Å². The lowest BCUT2D eigenvalue weighted by Gasteiger charge is -2.06. The number of nitrogens with zero attached hydrogens (tertiary/aromatic N) is 4. The molecule has 3 aromatic rings. The predicted molar refractivity (Wildman–Crippen MR) is 78.5 cm³/mol. The average molecular weight is 318 g/mol. The van der Waals surface area contributed by atoms with E-state index >= 15 is 0 Å². The normalized spacial score (nSPS) is 10.9. The number of nitrogens with one attached hydrogen (secondary N) is 1. The van der Waals surface area contributed by atoms with Crippen molar-refractivity contribution in [3.63, 3.8) is 0 Å². The van der Waals surface area contributed by atoms with Crippen molar-refractivity contribution in [1.82, 2.24) is 19.7 Å². The van der Waals surface area contributed by atoms with Gasteiger partial charge in [-0.05, 0) is 35.0 Å². The lowest BCUT2D eigenvalue weighted by Crippen LogP contribution is -1.97. The van der Waals surface area contributed by atoms with Crippen molar-refractivity contribution in [3.8, 4) is 0 Å². The van der Waals surface area contributed by atoms with Gasteiger partial charge in [0.2, 0.25) is 0 Å². The zero-order valence-corrected chi connectivity index (χ0v) is 12.1. The van der Waals surface area contributed by atoms with Crippen molar-refractivity contribution < 1.29 is 0 Å². The zero-order chi connectivity index (χ0) is 13.4. The molecule has 0 saturated carbocycles. The Morgan fingerprint density at radius 2 is 2.11 bits per heavy atom. The van der Waals surface area contributed by atoms with Crippen LogP contribution in [0.15, 0.2) is 35.1 Å². The number of anilines is 2. The quantitative estimate of drug-likeness (QED) is 0.788. The molecule has 0 saturated heterocycles. The molecule has 3 aromatic heterocycles. The molecular weight excluding hydrogens is 306 g/mol. The summed E-state index contributed by atoms with van der Waals surface area (Å²) in [6.07, 6.45) is 3.52. The van der Waals surface area contributed by atoms with E-state index in [9.17, 15) is 0 Å². The molecule has 0 unspecified atom stereocenters. The molecule has 1 N–H and O–H groups in total. The van der Waals surface area contributed by atoms with Crippen LogP contribution in [-0.2, 0) is 7.05 Å². The molecule has 0 aliphatic rings. The standard InChI is InChI=1S/C13H12BrN5/c1-8-5-12(18-19(8)2)17-10-3-4-15-11-6-9(14)7-16-13(10)11/h3-7H,1-2H3,(H,15,17,18). The number of halogens is 1. The molecule has 0 radical (unpaired) electrons. The average Bonchev–Trinajstić information content (AvgIpc) is 2.68. The van der Waals surface area contributed by atoms with Crippen molar-refractivity contribution in [2.24, 2.45) is 7.05 Å². The molecule has 0 atom stereocenters. The minimum atomic E-state index is 0.803. The molecule has 0 bridgehead atoms. The van der Waals surface area contributed by atoms with Crippen LogP contribution in [0.3, 0.4) is 0 Å². The second kappa shape index (κ2) is 4.62. The van der Waals surface area contributed by atoms with Gasteiger partial charge in [0.25, 0.3) is 0 Å². The Balaban J connectivity index is 2.05. The van der Waals surface area contributed by atoms with E-state index < -0.39 is 0 Å². The third-order valence-corrected chi connectivity index (χ3v) is 3.35. The van der Waals surface area contributed by atoms with E-state index in [0.717, 1.165) is 32.7 Å². The van der Waals surface area contributed by atoms with Crippen LogP contribution in [0.1, 0.15) is 5.69 Å². The first kappa shape index (κ1) is 12.1. The van der Waals surface area contributed by atoms with E-state index in [0.29, 0.717) is 0 Å². The maximum absolute atomic E-state index is 4.40. The van der Waals surface area contributed by atoms with Crippen LogP contribution in [0.5, 0.6) is 0 Å². The van der Waals surface area contributed by atoms with Crippen molar-refractivity contribution in [2.45, 2.75) is 6.92 Å². The van der Waals surface area contributed by atoms with Crippen LogP contribution in [0.2, 0.25) is 0 Å². The number of rotatable bonds is 2. The van der Waals surface area contributed by atoms with Gasteiger partial charge >= 0.3 is 0 Å². The summed E-state index contributed by atoms with van der Waals surface area (Å²) in [5.74, 6) is 0.803. The van der Waals surface area contributed by atoms with E-state index in [4.69, 9.17) is 0 Å². The Hall–Kier alpha value is -1.95. The highest BCUT2D eigenvalue weighted by Gasteiger charge is 2.07. The summed E-state index contributed by atoms with van der Waals surface area (Å²) in [5, 5.41) is 7.66. The molecule has 3 rings (SSSR count). The monoisotopic (exact) mass is 317 g/mol. The van der Waals surface area contributed by atoms with Crippen LogP contribution < -0.4 is 5.32 Å². The Labute approximate surface area is 118 Å². The summed E-state index contributed by atoms with van der Waals surface area (Å²) in [6, 6.07) is 5.83. The number of hydrogen-bond acceptors (Lipinski definition) is 4. The third-order valence-electron chi connectivity index (χ3n) is 2.92. The highest BCUT2D eigenvalue weighted by atomic mass is 79.9. The van der Waals surface area contributed by atoms with Crippen molar-refractivity contribution in [3.05, 3.63) is 40.8 Å². The predicted octanol–water partition coefficient (Wildman–Crippen LogP) is 3.18. The molecule has 0 spiro atoms. The summed E-state index contributed by atoms with van der Waals surface area (Å²) in [4.78, 5) is 8.71. The molecule has 0 aromatic carbocycles. The molecular formula is C13H12BrN5. The van der Waals surface area contributed by atoms with Crippen LogP contribution in [0.4, 0.5) is 11.5 Å². The maximum Gasteiger partial charge on any atom is 0.152 e. The van der Waals surface area contributed by atoms with Gasteiger partial charge in [-0.25, -0.2) is 0 Å². The number of pyridine rings is 2. The van der Waals surface area contributed by atoms with E-state index in [1.54, 1.807) is 12.4 Å². The number of aromatic nitrogens is 4. The maximum atomic E-state index is 4.40. The molecule has 0 aliphatic carbocycles. The van der Waals surface area contributed by atoms with E-state index in [1.165, 1.54) is 0 Å². The van der Waals surface area contributed by atoms with Gasteiger partial charge in [-0.3, -0.25) is 14.6 Å². The first-order valence-electron chi connectivity index (χ1n) is 5.81. The van der Waals surface area contributed by atoms with Crippen LogP contribution in [0.25, 0.3) is 11.0 Å². The molecule has 19 heavy (non-hydrogen) atoms. The fourth-order valence-electron chi connectivity index (χ4n) is 1.87. The van der Waals surface area contributed by atoms with Crippen molar-refractivity contribution >= 4 is 38.5 Å². The van der Waals surface area contributed by atoms with Crippen LogP contribution in [-0.4, -0.2) is 19.7 Å². The Kier molecular flexibility index (Phi) is 2.94.